The van der Waals surface area contributed by atoms with E-state index in [9.17, 15) is 4.79 Å². The van der Waals surface area contributed by atoms with Gasteiger partial charge in [0.15, 0.2) is 5.82 Å². The Balaban J connectivity index is 1.90. The second-order valence-electron chi connectivity index (χ2n) is 3.53. The zero-order valence-corrected chi connectivity index (χ0v) is 11.3. The van der Waals surface area contributed by atoms with Crippen LogP contribution in [0.2, 0.25) is 4.47 Å². The molecule has 0 fully saturated rings. The van der Waals surface area contributed by atoms with Crippen LogP contribution in [0, 0.1) is 0 Å². The van der Waals surface area contributed by atoms with Gasteiger partial charge in [-0.3, -0.25) is 4.79 Å². The number of hydrogen-bond donors (Lipinski definition) is 1. The zero-order valence-electron chi connectivity index (χ0n) is 9.76. The van der Waals surface area contributed by atoms with E-state index in [0.717, 1.165) is 11.3 Å². The first-order valence-electron chi connectivity index (χ1n) is 5.34. The molecule has 0 saturated carbocycles. The highest BCUT2D eigenvalue weighted by Crippen LogP contribution is 2.19. The Morgan fingerprint density at radius 2 is 2.30 bits per heavy atom. The van der Waals surface area contributed by atoms with E-state index in [0.29, 0.717) is 11.5 Å². The van der Waals surface area contributed by atoms with Crippen molar-refractivity contribution in [2.45, 2.75) is 0 Å². The van der Waals surface area contributed by atoms with Gasteiger partial charge in [0, 0.05) is 6.20 Å². The second kappa shape index (κ2) is 5.31. The molecule has 0 aliphatic carbocycles. The summed E-state index contributed by atoms with van der Waals surface area (Å²) in [5, 5.41) is 14.1. The summed E-state index contributed by atoms with van der Waals surface area (Å²) in [4.78, 5) is 20.0. The summed E-state index contributed by atoms with van der Waals surface area (Å²) in [6.45, 7) is 0. The van der Waals surface area contributed by atoms with Gasteiger partial charge in [0.05, 0.1) is 5.69 Å². The lowest BCUT2D eigenvalue weighted by atomic mass is 10.3. The molecule has 1 amide bonds. The maximum atomic E-state index is 12.0. The van der Waals surface area contributed by atoms with E-state index in [1.54, 1.807) is 18.3 Å². The number of carbonyl (C=O) groups is 1. The summed E-state index contributed by atoms with van der Waals surface area (Å²) in [6, 6.07) is 3.40. The van der Waals surface area contributed by atoms with Crippen LogP contribution in [-0.4, -0.2) is 35.9 Å². The smallest absolute Gasteiger partial charge is 0.286 e. The molecule has 0 aliphatic rings. The van der Waals surface area contributed by atoms with Crippen molar-refractivity contribution >= 4 is 34.5 Å². The molecule has 20 heavy (non-hydrogen) atoms. The Morgan fingerprint density at radius 1 is 1.40 bits per heavy atom. The molecule has 0 aromatic carbocycles. The minimum atomic E-state index is -0.413. The summed E-state index contributed by atoms with van der Waals surface area (Å²) in [5.74, 6) is 0.0396. The van der Waals surface area contributed by atoms with Crippen molar-refractivity contribution in [2.75, 3.05) is 5.32 Å². The average Bonchev–Trinajstić information content (AvgIpc) is 3.10. The summed E-state index contributed by atoms with van der Waals surface area (Å²) in [7, 11) is 0. The predicted octanol–water partition coefficient (Wildman–Crippen LogP) is 1.42. The van der Waals surface area contributed by atoms with E-state index in [1.807, 2.05) is 0 Å². The molecule has 0 aliphatic heterocycles. The molecular weight excluding hydrogens is 302 g/mol. The van der Waals surface area contributed by atoms with Crippen molar-refractivity contribution in [1.29, 1.82) is 0 Å². The van der Waals surface area contributed by atoms with Gasteiger partial charge in [0.1, 0.15) is 12.7 Å². The molecule has 3 aromatic rings. The van der Waals surface area contributed by atoms with Crippen molar-refractivity contribution in [3.63, 3.8) is 0 Å². The van der Waals surface area contributed by atoms with Crippen molar-refractivity contribution in [2.24, 2.45) is 0 Å². The van der Waals surface area contributed by atoms with Gasteiger partial charge in [-0.2, -0.15) is 5.10 Å². The van der Waals surface area contributed by atoms with Gasteiger partial charge >= 0.3 is 0 Å². The van der Waals surface area contributed by atoms with E-state index in [-0.39, 0.29) is 9.47 Å². The third kappa shape index (κ3) is 2.49. The van der Waals surface area contributed by atoms with Crippen LogP contribution in [0.5, 0.6) is 0 Å². The van der Waals surface area contributed by atoms with Gasteiger partial charge in [-0.05, 0) is 23.7 Å². The van der Waals surface area contributed by atoms with Crippen molar-refractivity contribution in [1.82, 2.24) is 29.9 Å². The largest absolute Gasteiger partial charge is 0.317 e. The third-order valence-electron chi connectivity index (χ3n) is 2.27. The Kier molecular flexibility index (Phi) is 3.35. The van der Waals surface area contributed by atoms with Gasteiger partial charge in [-0.1, -0.05) is 11.3 Å². The number of amides is 1. The van der Waals surface area contributed by atoms with Crippen LogP contribution < -0.4 is 5.32 Å². The highest BCUT2D eigenvalue weighted by Gasteiger charge is 2.15. The zero-order chi connectivity index (χ0) is 13.9. The van der Waals surface area contributed by atoms with E-state index >= 15 is 0 Å². The van der Waals surface area contributed by atoms with Gasteiger partial charge in [0.25, 0.3) is 5.91 Å². The number of pyridine rings is 1. The summed E-state index contributed by atoms with van der Waals surface area (Å²) >= 11 is 6.64. The third-order valence-corrected chi connectivity index (χ3v) is 3.28. The number of rotatable bonds is 3. The fraction of sp³-hybridized carbons (Fsp3) is 0. The normalized spacial score (nSPS) is 10.4. The Morgan fingerprint density at radius 3 is 3.00 bits per heavy atom. The first-order valence-corrected chi connectivity index (χ1v) is 6.54. The van der Waals surface area contributed by atoms with Gasteiger partial charge in [0.2, 0.25) is 9.47 Å². The van der Waals surface area contributed by atoms with Crippen molar-refractivity contribution < 1.29 is 4.79 Å². The van der Waals surface area contributed by atoms with Crippen LogP contribution in [0.4, 0.5) is 5.69 Å². The molecule has 0 saturated heterocycles. The lowest BCUT2D eigenvalue weighted by molar-refractivity contribution is 0.102. The van der Waals surface area contributed by atoms with Crippen LogP contribution in [0.15, 0.2) is 31.0 Å². The van der Waals surface area contributed by atoms with E-state index < -0.39 is 5.91 Å². The number of nitrogens with one attached hydrogen (secondary N) is 1. The number of nitrogens with zero attached hydrogens (tertiary/aromatic N) is 6. The minimum absolute atomic E-state index is 0.170. The number of halogens is 1. The summed E-state index contributed by atoms with van der Waals surface area (Å²) in [6.07, 6.45) is 4.46. The molecular formula is C10H6ClN7OS. The molecule has 3 aromatic heterocycles. The molecule has 0 spiro atoms. The van der Waals surface area contributed by atoms with Crippen molar-refractivity contribution in [3.05, 3.63) is 40.5 Å². The number of hydrogen-bond acceptors (Lipinski definition) is 7. The molecule has 1 N–H and O–H groups in total. The lowest BCUT2D eigenvalue weighted by Gasteiger charge is -2.07. The molecule has 10 heteroatoms. The first kappa shape index (κ1) is 12.6. The highest BCUT2D eigenvalue weighted by molar-refractivity contribution is 7.17. The maximum Gasteiger partial charge on any atom is 0.286 e. The second-order valence-corrected chi connectivity index (χ2v) is 5.09. The lowest BCUT2D eigenvalue weighted by Crippen LogP contribution is -2.14. The summed E-state index contributed by atoms with van der Waals surface area (Å²) < 4.78 is 1.65. The highest BCUT2D eigenvalue weighted by atomic mass is 35.5. The van der Waals surface area contributed by atoms with E-state index in [2.05, 4.69) is 30.6 Å². The fourth-order valence-electron chi connectivity index (χ4n) is 1.47. The van der Waals surface area contributed by atoms with Gasteiger partial charge < -0.3 is 5.32 Å². The predicted molar refractivity (Wildman–Crippen MR) is 72.0 cm³/mol. The summed E-state index contributed by atoms with van der Waals surface area (Å²) in [5.41, 5.74) is 0.481. The number of anilines is 1. The molecule has 3 heterocycles. The Bertz CT molecular complexity index is 742. The number of carbonyl (C=O) groups excluding carboxylic acids is 1. The van der Waals surface area contributed by atoms with Gasteiger partial charge in [-0.15, -0.1) is 10.2 Å². The van der Waals surface area contributed by atoms with Crippen LogP contribution in [0.1, 0.15) is 9.80 Å². The van der Waals surface area contributed by atoms with Crippen LogP contribution >= 0.6 is 22.9 Å². The minimum Gasteiger partial charge on any atom is -0.317 e. The van der Waals surface area contributed by atoms with Crippen molar-refractivity contribution in [3.8, 4) is 5.82 Å². The first-order chi connectivity index (χ1) is 9.74. The topological polar surface area (TPSA) is 98.5 Å². The molecule has 3 rings (SSSR count). The van der Waals surface area contributed by atoms with E-state index in [4.69, 9.17) is 11.6 Å². The Labute approximate surface area is 121 Å². The van der Waals surface area contributed by atoms with Gasteiger partial charge in [-0.25, -0.2) is 14.6 Å². The molecule has 0 atom stereocenters. The Hall–Kier alpha value is -2.39. The standard InChI is InChI=1S/C10H6ClN7OS/c11-10-17-16-9(20-10)8(19)15-6-2-1-3-13-7(6)18-5-12-4-14-18/h1-5H,(H,15,19). The molecule has 0 bridgehead atoms. The molecule has 0 unspecified atom stereocenters. The monoisotopic (exact) mass is 307 g/mol. The average molecular weight is 308 g/mol. The quantitative estimate of drug-likeness (QED) is 0.785. The SMILES string of the molecule is O=C(Nc1cccnc1-n1cncn1)c1nnc(Cl)s1. The van der Waals surface area contributed by atoms with Crippen LogP contribution in [0.3, 0.4) is 0 Å². The fourth-order valence-corrected chi connectivity index (χ4v) is 2.19. The molecule has 100 valence electrons. The van der Waals surface area contributed by atoms with E-state index in [1.165, 1.54) is 17.3 Å². The number of aromatic nitrogens is 6. The van der Waals surface area contributed by atoms with Crippen LogP contribution in [-0.2, 0) is 0 Å². The molecule has 8 nitrogen and oxygen atoms in total. The van der Waals surface area contributed by atoms with Crippen LogP contribution in [0.25, 0.3) is 5.82 Å². The molecule has 0 radical (unpaired) electrons. The maximum absolute atomic E-state index is 12.0.